The van der Waals surface area contributed by atoms with Gasteiger partial charge in [-0.2, -0.15) is 0 Å². The maximum absolute atomic E-state index is 12.6. The molecule has 0 atom stereocenters. The highest BCUT2D eigenvalue weighted by Crippen LogP contribution is 2.35. The molecule has 0 unspecified atom stereocenters. The third-order valence-electron chi connectivity index (χ3n) is 6.55. The van der Waals surface area contributed by atoms with Crippen molar-refractivity contribution >= 4 is 17.7 Å². The number of rotatable bonds is 6. The predicted molar refractivity (Wildman–Crippen MR) is 129 cm³/mol. The molecule has 1 saturated carbocycles. The van der Waals surface area contributed by atoms with Crippen molar-refractivity contribution in [3.63, 3.8) is 0 Å². The molecule has 33 heavy (non-hydrogen) atoms. The minimum atomic E-state index is -0.488. The summed E-state index contributed by atoms with van der Waals surface area (Å²) in [6, 6.07) is 17.7. The topological polar surface area (TPSA) is 72.3 Å². The van der Waals surface area contributed by atoms with Crippen molar-refractivity contribution in [3.05, 3.63) is 70.9 Å². The number of likely N-dealkylation sites (N-methyl/N-ethyl adjacent to an activating group) is 1. The van der Waals surface area contributed by atoms with Gasteiger partial charge >= 0.3 is 6.09 Å². The second-order valence-corrected chi connectivity index (χ2v) is 9.38. The van der Waals surface area contributed by atoms with Gasteiger partial charge in [0, 0.05) is 16.6 Å². The number of amides is 1. The summed E-state index contributed by atoms with van der Waals surface area (Å²) in [4.78, 5) is 16.4. The van der Waals surface area contributed by atoms with Crippen LogP contribution in [0.15, 0.2) is 54.6 Å². The summed E-state index contributed by atoms with van der Waals surface area (Å²) in [5.74, 6) is 0.220. The number of halogens is 1. The van der Waals surface area contributed by atoms with Crippen LogP contribution in [0.2, 0.25) is 5.02 Å². The Kier molecular flexibility index (Phi) is 7.00. The Balaban J connectivity index is 1.34. The van der Waals surface area contributed by atoms with Crippen LogP contribution in [0.1, 0.15) is 36.9 Å². The van der Waals surface area contributed by atoms with Gasteiger partial charge in [-0.05, 0) is 83.0 Å². The van der Waals surface area contributed by atoms with E-state index in [9.17, 15) is 4.79 Å². The molecule has 0 saturated heterocycles. The molecule has 0 spiro atoms. The maximum Gasteiger partial charge on any atom is 0.414 e. The van der Waals surface area contributed by atoms with Crippen molar-refractivity contribution in [2.45, 2.75) is 50.6 Å². The number of ether oxygens (including phenoxy) is 1. The first kappa shape index (κ1) is 23.3. The molecule has 0 radical (unpaired) electrons. The van der Waals surface area contributed by atoms with Gasteiger partial charge in [-0.1, -0.05) is 41.9 Å². The first-order chi connectivity index (χ1) is 15.8. The molecule has 1 aliphatic rings. The first-order valence-electron chi connectivity index (χ1n) is 11.2. The number of benzene rings is 2. The van der Waals surface area contributed by atoms with E-state index < -0.39 is 6.09 Å². The van der Waals surface area contributed by atoms with Crippen LogP contribution >= 0.6 is 11.6 Å². The summed E-state index contributed by atoms with van der Waals surface area (Å²) in [5.41, 5.74) is 2.71. The Morgan fingerprint density at radius 1 is 1.12 bits per heavy atom. The average Bonchev–Trinajstić information content (AvgIpc) is 3.17. The minimum absolute atomic E-state index is 0.0604. The Bertz CT molecular complexity index is 1070. The van der Waals surface area contributed by atoms with Crippen LogP contribution in [0.3, 0.4) is 0 Å². The monoisotopic (exact) mass is 467 g/mol. The van der Waals surface area contributed by atoms with Crippen LogP contribution in [0.25, 0.3) is 5.69 Å². The number of nitrogens with zero attached hydrogens (tertiary/aromatic N) is 4. The second-order valence-electron chi connectivity index (χ2n) is 8.95. The molecule has 174 valence electrons. The van der Waals surface area contributed by atoms with Crippen LogP contribution in [-0.2, 0) is 6.42 Å². The summed E-state index contributed by atoms with van der Waals surface area (Å²) >= 11 is 6.05. The molecule has 1 fully saturated rings. The lowest BCUT2D eigenvalue weighted by molar-refractivity contribution is 0.0868. The van der Waals surface area contributed by atoms with E-state index in [1.54, 1.807) is 6.92 Å². The lowest BCUT2D eigenvalue weighted by Crippen LogP contribution is -2.52. The van der Waals surface area contributed by atoms with Crippen LogP contribution in [0.5, 0.6) is 5.88 Å². The van der Waals surface area contributed by atoms with Gasteiger partial charge in [0.2, 0.25) is 0 Å². The molecule has 1 N–H and O–H groups in total. The average molecular weight is 468 g/mol. The van der Waals surface area contributed by atoms with Crippen molar-refractivity contribution in [2.75, 3.05) is 14.1 Å². The number of aryl methyl sites for hydroxylation is 1. The molecular weight excluding hydrogens is 438 g/mol. The fourth-order valence-corrected chi connectivity index (χ4v) is 4.61. The van der Waals surface area contributed by atoms with Crippen molar-refractivity contribution in [1.29, 1.82) is 0 Å². The zero-order chi connectivity index (χ0) is 23.4. The Labute approximate surface area is 199 Å². The van der Waals surface area contributed by atoms with Crippen LogP contribution < -0.4 is 10.1 Å². The molecule has 0 bridgehead atoms. The van der Waals surface area contributed by atoms with E-state index in [0.29, 0.717) is 5.69 Å². The number of hydrogen-bond acceptors (Lipinski definition) is 5. The lowest BCUT2D eigenvalue weighted by Gasteiger charge is -2.45. The van der Waals surface area contributed by atoms with Crippen molar-refractivity contribution in [2.24, 2.45) is 0 Å². The number of para-hydroxylation sites is 1. The maximum atomic E-state index is 12.6. The van der Waals surface area contributed by atoms with Gasteiger partial charge < -0.3 is 15.0 Å². The summed E-state index contributed by atoms with van der Waals surface area (Å²) in [7, 11) is 4.27. The highest BCUT2D eigenvalue weighted by Gasteiger charge is 2.38. The van der Waals surface area contributed by atoms with Gasteiger partial charge in [-0.25, -0.2) is 4.79 Å². The van der Waals surface area contributed by atoms with Crippen LogP contribution in [-0.4, -0.2) is 51.7 Å². The Morgan fingerprint density at radius 2 is 1.79 bits per heavy atom. The lowest BCUT2D eigenvalue weighted by atomic mass is 9.75. The van der Waals surface area contributed by atoms with Gasteiger partial charge in [-0.3, -0.25) is 0 Å². The molecule has 1 aromatic heterocycles. The number of aromatic nitrogens is 3. The van der Waals surface area contributed by atoms with Crippen molar-refractivity contribution in [3.8, 4) is 11.6 Å². The number of nitrogens with one attached hydrogen (secondary N) is 1. The molecule has 1 aliphatic carbocycles. The van der Waals surface area contributed by atoms with Gasteiger partial charge in [-0.15, -0.1) is 15.0 Å². The zero-order valence-corrected chi connectivity index (χ0v) is 20.0. The quantitative estimate of drug-likeness (QED) is 0.563. The summed E-state index contributed by atoms with van der Waals surface area (Å²) in [5, 5.41) is 12.4. The number of carbonyl (C=O) groups is 1. The summed E-state index contributed by atoms with van der Waals surface area (Å²) in [6.45, 7) is 1.78. The highest BCUT2D eigenvalue weighted by molar-refractivity contribution is 6.30. The van der Waals surface area contributed by atoms with E-state index in [0.717, 1.165) is 42.8 Å². The van der Waals surface area contributed by atoms with Crippen LogP contribution in [0.4, 0.5) is 4.79 Å². The van der Waals surface area contributed by atoms with Crippen molar-refractivity contribution < 1.29 is 9.53 Å². The van der Waals surface area contributed by atoms with Crippen molar-refractivity contribution in [1.82, 2.24) is 25.2 Å². The third-order valence-corrected chi connectivity index (χ3v) is 6.80. The highest BCUT2D eigenvalue weighted by atomic mass is 35.5. The second kappa shape index (κ2) is 9.93. The largest absolute Gasteiger partial charge is 0.414 e. The normalized spacial score (nSPS) is 20.6. The van der Waals surface area contributed by atoms with E-state index in [1.165, 1.54) is 10.4 Å². The standard InChI is InChI=1S/C25H30ClN5O2/c1-18-23(29-31(28-18)22-7-5-4-6-8-22)33-24(32)27-21-13-15-25(16-14-21,30(2)3)17-19-9-11-20(26)12-10-19/h4-12,21H,13-17H2,1-3H3,(H,27,32). The Hall–Kier alpha value is -2.90. The van der Waals surface area contributed by atoms with Gasteiger partial charge in [0.25, 0.3) is 5.88 Å². The van der Waals surface area contributed by atoms with Gasteiger partial charge in [0.05, 0.1) is 5.69 Å². The van der Waals surface area contributed by atoms with Crippen LogP contribution in [0, 0.1) is 6.92 Å². The molecule has 1 amide bonds. The zero-order valence-electron chi connectivity index (χ0n) is 19.3. The molecule has 2 aromatic carbocycles. The Morgan fingerprint density at radius 3 is 2.42 bits per heavy atom. The van der Waals surface area contributed by atoms with E-state index in [2.05, 4.69) is 46.6 Å². The number of carbonyl (C=O) groups excluding carboxylic acids is 1. The molecule has 1 heterocycles. The fraction of sp³-hybridized carbons (Fsp3) is 0.400. The molecule has 7 nitrogen and oxygen atoms in total. The third kappa shape index (κ3) is 5.54. The minimum Gasteiger partial charge on any atom is -0.388 e. The molecule has 8 heteroatoms. The van der Waals surface area contributed by atoms with E-state index in [1.807, 2.05) is 42.5 Å². The SMILES string of the molecule is Cc1nn(-c2ccccc2)nc1OC(=O)NC1CCC(Cc2ccc(Cl)cc2)(N(C)C)CC1. The van der Waals surface area contributed by atoms with E-state index >= 15 is 0 Å². The van der Waals surface area contributed by atoms with E-state index in [4.69, 9.17) is 16.3 Å². The molecular formula is C25H30ClN5O2. The molecule has 3 aromatic rings. The number of hydrogen-bond donors (Lipinski definition) is 1. The molecule has 0 aliphatic heterocycles. The summed E-state index contributed by atoms with van der Waals surface area (Å²) in [6.07, 6.45) is 4.20. The first-order valence-corrected chi connectivity index (χ1v) is 11.6. The van der Waals surface area contributed by atoms with Gasteiger partial charge in [0.1, 0.15) is 5.69 Å². The smallest absolute Gasteiger partial charge is 0.388 e. The molecule has 4 rings (SSSR count). The fourth-order valence-electron chi connectivity index (χ4n) is 4.48. The van der Waals surface area contributed by atoms with Gasteiger partial charge in [0.15, 0.2) is 0 Å². The van der Waals surface area contributed by atoms with E-state index in [-0.39, 0.29) is 17.5 Å². The summed E-state index contributed by atoms with van der Waals surface area (Å²) < 4.78 is 5.49. The predicted octanol–water partition coefficient (Wildman–Crippen LogP) is 4.80.